The number of anilines is 1. The van der Waals surface area contributed by atoms with E-state index >= 15 is 0 Å². The first-order chi connectivity index (χ1) is 8.22. The molecule has 0 radical (unpaired) electrons. The number of hydrogen-bond donors (Lipinski definition) is 1. The number of rotatable bonds is 2. The van der Waals surface area contributed by atoms with Crippen molar-refractivity contribution in [2.45, 2.75) is 19.8 Å². The maximum Gasteiger partial charge on any atom is 0.248 e. The Morgan fingerprint density at radius 3 is 3.06 bits per heavy atom. The molecule has 3 nitrogen and oxygen atoms in total. The molecule has 0 saturated heterocycles. The first-order valence-corrected chi connectivity index (χ1v) is 5.79. The van der Waals surface area contributed by atoms with Gasteiger partial charge in [-0.1, -0.05) is 5.92 Å². The number of amides is 1. The van der Waals surface area contributed by atoms with Gasteiger partial charge in [0.2, 0.25) is 5.91 Å². The lowest BCUT2D eigenvalue weighted by atomic mass is 9.99. The van der Waals surface area contributed by atoms with E-state index in [2.05, 4.69) is 16.7 Å². The third kappa shape index (κ3) is 2.42. The number of fused-ring (bicyclic) bond motifs is 1. The highest BCUT2D eigenvalue weighted by molar-refractivity contribution is 5.93. The summed E-state index contributed by atoms with van der Waals surface area (Å²) in [5.41, 5.74) is 8.26. The van der Waals surface area contributed by atoms with Gasteiger partial charge in [0, 0.05) is 17.8 Å². The van der Waals surface area contributed by atoms with E-state index in [0.717, 1.165) is 25.9 Å². The Bertz CT molecular complexity index is 497. The molecule has 1 aromatic rings. The van der Waals surface area contributed by atoms with E-state index in [1.807, 2.05) is 19.1 Å². The van der Waals surface area contributed by atoms with Crippen molar-refractivity contribution in [3.63, 3.8) is 0 Å². The van der Waals surface area contributed by atoms with E-state index in [0.29, 0.717) is 5.56 Å². The van der Waals surface area contributed by atoms with Crippen LogP contribution in [-0.4, -0.2) is 19.0 Å². The maximum atomic E-state index is 11.1. The fourth-order valence-corrected chi connectivity index (χ4v) is 2.17. The third-order valence-corrected chi connectivity index (χ3v) is 3.03. The molecular weight excluding hydrogens is 212 g/mol. The molecule has 0 saturated carbocycles. The van der Waals surface area contributed by atoms with E-state index in [1.54, 1.807) is 6.07 Å². The van der Waals surface area contributed by atoms with Crippen LogP contribution in [0.25, 0.3) is 0 Å². The molecule has 2 rings (SSSR count). The molecule has 0 atom stereocenters. The summed E-state index contributed by atoms with van der Waals surface area (Å²) in [6.45, 7) is 3.62. The Morgan fingerprint density at radius 1 is 1.53 bits per heavy atom. The van der Waals surface area contributed by atoms with Gasteiger partial charge in [-0.2, -0.15) is 0 Å². The summed E-state index contributed by atoms with van der Waals surface area (Å²) in [7, 11) is 0. The number of benzene rings is 1. The second-order valence-corrected chi connectivity index (χ2v) is 4.16. The zero-order valence-electron chi connectivity index (χ0n) is 9.99. The summed E-state index contributed by atoms with van der Waals surface area (Å²) in [5, 5.41) is 0. The molecule has 17 heavy (non-hydrogen) atoms. The summed E-state index contributed by atoms with van der Waals surface area (Å²) in [6, 6.07) is 5.67. The summed E-state index contributed by atoms with van der Waals surface area (Å²) in [6.07, 6.45) is 2.10. The highest BCUT2D eigenvalue weighted by Gasteiger charge is 2.16. The van der Waals surface area contributed by atoms with Gasteiger partial charge in [-0.25, -0.2) is 0 Å². The molecule has 2 N–H and O–H groups in total. The van der Waals surface area contributed by atoms with Crippen LogP contribution in [0.3, 0.4) is 0 Å². The second kappa shape index (κ2) is 4.92. The maximum absolute atomic E-state index is 11.1. The Balaban J connectivity index is 2.31. The summed E-state index contributed by atoms with van der Waals surface area (Å²) < 4.78 is 0. The number of carbonyl (C=O) groups excluding carboxylic acids is 1. The van der Waals surface area contributed by atoms with Crippen molar-refractivity contribution in [3.8, 4) is 11.8 Å². The first kappa shape index (κ1) is 11.5. The van der Waals surface area contributed by atoms with Gasteiger partial charge in [0.05, 0.1) is 6.54 Å². The lowest BCUT2D eigenvalue weighted by molar-refractivity contribution is 0.1000. The Morgan fingerprint density at radius 2 is 2.35 bits per heavy atom. The van der Waals surface area contributed by atoms with Crippen LogP contribution in [0.4, 0.5) is 5.69 Å². The zero-order valence-corrected chi connectivity index (χ0v) is 9.99. The van der Waals surface area contributed by atoms with Crippen LogP contribution < -0.4 is 10.6 Å². The molecule has 88 valence electrons. The van der Waals surface area contributed by atoms with Gasteiger partial charge in [-0.05, 0) is 43.5 Å². The van der Waals surface area contributed by atoms with Crippen molar-refractivity contribution >= 4 is 11.6 Å². The molecule has 0 aliphatic carbocycles. The molecule has 1 aliphatic rings. The van der Waals surface area contributed by atoms with E-state index in [4.69, 9.17) is 5.73 Å². The van der Waals surface area contributed by atoms with E-state index in [1.165, 1.54) is 11.3 Å². The van der Waals surface area contributed by atoms with Gasteiger partial charge < -0.3 is 10.6 Å². The molecule has 1 amide bonds. The minimum atomic E-state index is -0.363. The van der Waals surface area contributed by atoms with E-state index in [-0.39, 0.29) is 5.91 Å². The van der Waals surface area contributed by atoms with Gasteiger partial charge in [0.25, 0.3) is 0 Å². The van der Waals surface area contributed by atoms with E-state index < -0.39 is 0 Å². The first-order valence-electron chi connectivity index (χ1n) is 5.79. The summed E-state index contributed by atoms with van der Waals surface area (Å²) in [5.74, 6) is 5.63. The Hall–Kier alpha value is -1.95. The van der Waals surface area contributed by atoms with Crippen LogP contribution in [0, 0.1) is 11.8 Å². The molecule has 0 fully saturated rings. The van der Waals surface area contributed by atoms with Crippen molar-refractivity contribution in [2.24, 2.45) is 5.73 Å². The number of nitrogens with zero attached hydrogens (tertiary/aromatic N) is 1. The van der Waals surface area contributed by atoms with Gasteiger partial charge >= 0.3 is 0 Å². The van der Waals surface area contributed by atoms with Gasteiger partial charge in [0.15, 0.2) is 0 Å². The van der Waals surface area contributed by atoms with Crippen LogP contribution in [0.5, 0.6) is 0 Å². The number of carbonyl (C=O) groups is 1. The van der Waals surface area contributed by atoms with Crippen molar-refractivity contribution < 1.29 is 4.79 Å². The quantitative estimate of drug-likeness (QED) is 0.781. The number of nitrogens with two attached hydrogens (primary N) is 1. The van der Waals surface area contributed by atoms with Gasteiger partial charge in [0.1, 0.15) is 0 Å². The molecule has 1 heterocycles. The molecule has 0 unspecified atom stereocenters. The van der Waals surface area contributed by atoms with Crippen molar-refractivity contribution in [1.82, 2.24) is 0 Å². The molecule has 3 heteroatoms. The number of hydrogen-bond acceptors (Lipinski definition) is 2. The molecule has 0 aromatic heterocycles. The molecular formula is C14H16N2O. The lowest BCUT2D eigenvalue weighted by Gasteiger charge is -2.29. The van der Waals surface area contributed by atoms with Crippen molar-refractivity contribution in [2.75, 3.05) is 18.0 Å². The lowest BCUT2D eigenvalue weighted by Crippen LogP contribution is -2.30. The number of aryl methyl sites for hydroxylation is 1. The SMILES string of the molecule is CC#CCN1CCCc2cc(C(N)=O)ccc21. The summed E-state index contributed by atoms with van der Waals surface area (Å²) >= 11 is 0. The highest BCUT2D eigenvalue weighted by Crippen LogP contribution is 2.27. The Kier molecular flexibility index (Phi) is 3.34. The van der Waals surface area contributed by atoms with Crippen LogP contribution in [0.2, 0.25) is 0 Å². The average molecular weight is 228 g/mol. The van der Waals surface area contributed by atoms with E-state index in [9.17, 15) is 4.79 Å². The Labute approximate surface area is 102 Å². The minimum absolute atomic E-state index is 0.363. The van der Waals surface area contributed by atoms with Crippen molar-refractivity contribution in [3.05, 3.63) is 29.3 Å². The molecule has 1 aromatic carbocycles. The van der Waals surface area contributed by atoms with Crippen LogP contribution in [-0.2, 0) is 6.42 Å². The standard InChI is InChI=1S/C14H16N2O/c1-2-3-8-16-9-4-5-11-10-12(14(15)17)6-7-13(11)16/h6-7,10H,4-5,8-9H2,1H3,(H2,15,17). The van der Waals surface area contributed by atoms with Gasteiger partial charge in [-0.15, -0.1) is 5.92 Å². The summed E-state index contributed by atoms with van der Waals surface area (Å²) in [4.78, 5) is 13.4. The predicted octanol–water partition coefficient (Wildman–Crippen LogP) is 1.56. The van der Waals surface area contributed by atoms with Crippen molar-refractivity contribution in [1.29, 1.82) is 0 Å². The third-order valence-electron chi connectivity index (χ3n) is 3.03. The zero-order chi connectivity index (χ0) is 12.3. The smallest absolute Gasteiger partial charge is 0.248 e. The van der Waals surface area contributed by atoms with Crippen LogP contribution >= 0.6 is 0 Å². The van der Waals surface area contributed by atoms with Crippen LogP contribution in [0.15, 0.2) is 18.2 Å². The normalized spacial score (nSPS) is 13.6. The fraction of sp³-hybridized carbons (Fsp3) is 0.357. The van der Waals surface area contributed by atoms with Crippen LogP contribution in [0.1, 0.15) is 29.3 Å². The monoisotopic (exact) mass is 228 g/mol. The topological polar surface area (TPSA) is 46.3 Å². The van der Waals surface area contributed by atoms with Gasteiger partial charge in [-0.3, -0.25) is 4.79 Å². The highest BCUT2D eigenvalue weighted by atomic mass is 16.1. The average Bonchev–Trinajstić information content (AvgIpc) is 2.35. The molecule has 0 spiro atoms. The largest absolute Gasteiger partial charge is 0.366 e. The molecule has 1 aliphatic heterocycles. The second-order valence-electron chi connectivity index (χ2n) is 4.16. The fourth-order valence-electron chi connectivity index (χ4n) is 2.17. The molecule has 0 bridgehead atoms. The predicted molar refractivity (Wildman–Crippen MR) is 68.9 cm³/mol. The minimum Gasteiger partial charge on any atom is -0.366 e. The number of primary amides is 1.